The van der Waals surface area contributed by atoms with Crippen LogP contribution in [0.4, 0.5) is 4.39 Å². The van der Waals surface area contributed by atoms with Gasteiger partial charge >= 0.3 is 0 Å². The first-order valence-electron chi connectivity index (χ1n) is 6.50. The SMILES string of the molecule is CNC(Cc1cccc(F)c1Cl)c1cc(OC)ccc1Br. The average Bonchev–Trinajstić information content (AvgIpc) is 2.50. The van der Waals surface area contributed by atoms with E-state index in [1.54, 1.807) is 13.2 Å². The van der Waals surface area contributed by atoms with Gasteiger partial charge in [-0.2, -0.15) is 0 Å². The summed E-state index contributed by atoms with van der Waals surface area (Å²) in [4.78, 5) is 0. The molecular formula is C16H16BrClFNO. The number of methoxy groups -OCH3 is 1. The lowest BCUT2D eigenvalue weighted by atomic mass is 9.98. The number of halogens is 3. The summed E-state index contributed by atoms with van der Waals surface area (Å²) >= 11 is 9.59. The third kappa shape index (κ3) is 3.76. The number of rotatable bonds is 5. The van der Waals surface area contributed by atoms with E-state index in [1.165, 1.54) is 6.07 Å². The number of hydrogen-bond donors (Lipinski definition) is 1. The van der Waals surface area contributed by atoms with Gasteiger partial charge in [-0.05, 0) is 48.9 Å². The molecule has 0 aromatic heterocycles. The molecule has 1 unspecified atom stereocenters. The number of likely N-dealkylation sites (N-methyl/N-ethyl adjacent to an activating group) is 1. The summed E-state index contributed by atoms with van der Waals surface area (Å²) < 4.78 is 19.8. The van der Waals surface area contributed by atoms with Crippen LogP contribution in [-0.2, 0) is 6.42 Å². The van der Waals surface area contributed by atoms with Gasteiger partial charge in [0.1, 0.15) is 11.6 Å². The molecule has 2 rings (SSSR count). The zero-order valence-corrected chi connectivity index (χ0v) is 14.1. The van der Waals surface area contributed by atoms with Crippen LogP contribution in [0.25, 0.3) is 0 Å². The fraction of sp³-hybridized carbons (Fsp3) is 0.250. The molecule has 1 atom stereocenters. The van der Waals surface area contributed by atoms with Crippen LogP contribution in [0, 0.1) is 5.82 Å². The van der Waals surface area contributed by atoms with Crippen LogP contribution in [-0.4, -0.2) is 14.2 Å². The molecule has 0 radical (unpaired) electrons. The molecular weight excluding hydrogens is 357 g/mol. The number of ether oxygens (including phenoxy) is 1. The normalized spacial score (nSPS) is 12.2. The highest BCUT2D eigenvalue weighted by Gasteiger charge is 2.17. The standard InChI is InChI=1S/C16H16BrClFNO/c1-20-15(8-10-4-3-5-14(19)16(10)18)12-9-11(21-2)6-7-13(12)17/h3-7,9,15,20H,8H2,1-2H3. The third-order valence-electron chi connectivity index (χ3n) is 3.38. The smallest absolute Gasteiger partial charge is 0.142 e. The largest absolute Gasteiger partial charge is 0.497 e. The van der Waals surface area contributed by atoms with Gasteiger partial charge in [0.15, 0.2) is 0 Å². The van der Waals surface area contributed by atoms with Crippen molar-refractivity contribution in [3.8, 4) is 5.75 Å². The average molecular weight is 373 g/mol. The van der Waals surface area contributed by atoms with Gasteiger partial charge in [-0.25, -0.2) is 4.39 Å². The second-order valence-electron chi connectivity index (χ2n) is 4.65. The second kappa shape index (κ2) is 7.25. The Morgan fingerprint density at radius 1 is 1.33 bits per heavy atom. The minimum absolute atomic E-state index is 0.00576. The highest BCUT2D eigenvalue weighted by molar-refractivity contribution is 9.10. The van der Waals surface area contributed by atoms with Gasteiger partial charge in [-0.15, -0.1) is 0 Å². The van der Waals surface area contributed by atoms with E-state index >= 15 is 0 Å². The van der Waals surface area contributed by atoms with Crippen LogP contribution >= 0.6 is 27.5 Å². The Morgan fingerprint density at radius 3 is 2.76 bits per heavy atom. The van der Waals surface area contributed by atoms with Gasteiger partial charge in [0.2, 0.25) is 0 Å². The molecule has 0 aliphatic carbocycles. The Kier molecular flexibility index (Phi) is 5.62. The van der Waals surface area contributed by atoms with Crippen LogP contribution in [0.5, 0.6) is 5.75 Å². The van der Waals surface area contributed by atoms with E-state index in [0.717, 1.165) is 21.3 Å². The van der Waals surface area contributed by atoms with Crippen molar-refractivity contribution in [3.05, 3.63) is 62.8 Å². The van der Waals surface area contributed by atoms with E-state index < -0.39 is 5.82 Å². The van der Waals surface area contributed by atoms with Crippen LogP contribution in [0.15, 0.2) is 40.9 Å². The molecule has 0 amide bonds. The molecule has 2 nitrogen and oxygen atoms in total. The monoisotopic (exact) mass is 371 g/mol. The maximum Gasteiger partial charge on any atom is 0.142 e. The Labute approximate surface area is 137 Å². The fourth-order valence-electron chi connectivity index (χ4n) is 2.21. The first-order chi connectivity index (χ1) is 10.1. The Bertz CT molecular complexity index is 636. The van der Waals surface area contributed by atoms with Gasteiger partial charge in [0, 0.05) is 10.5 Å². The van der Waals surface area contributed by atoms with E-state index in [9.17, 15) is 4.39 Å². The molecule has 0 spiro atoms. The van der Waals surface area contributed by atoms with Crippen LogP contribution < -0.4 is 10.1 Å². The lowest BCUT2D eigenvalue weighted by Gasteiger charge is -2.20. The van der Waals surface area contributed by atoms with E-state index in [1.807, 2.05) is 31.3 Å². The topological polar surface area (TPSA) is 21.3 Å². The summed E-state index contributed by atoms with van der Waals surface area (Å²) in [5.74, 6) is 0.382. The minimum Gasteiger partial charge on any atom is -0.497 e. The summed E-state index contributed by atoms with van der Waals surface area (Å²) in [6.45, 7) is 0. The van der Waals surface area contributed by atoms with Crippen molar-refractivity contribution < 1.29 is 9.13 Å². The van der Waals surface area contributed by atoms with Crippen LogP contribution in [0.1, 0.15) is 17.2 Å². The molecule has 112 valence electrons. The van der Waals surface area contributed by atoms with Crippen molar-refractivity contribution >= 4 is 27.5 Å². The van der Waals surface area contributed by atoms with E-state index in [-0.39, 0.29) is 11.1 Å². The fourth-order valence-corrected chi connectivity index (χ4v) is 2.94. The van der Waals surface area contributed by atoms with Crippen molar-refractivity contribution in [1.29, 1.82) is 0 Å². The quantitative estimate of drug-likeness (QED) is 0.817. The number of hydrogen-bond acceptors (Lipinski definition) is 2. The minimum atomic E-state index is -0.395. The molecule has 0 fully saturated rings. The van der Waals surface area contributed by atoms with E-state index in [4.69, 9.17) is 16.3 Å². The maximum absolute atomic E-state index is 13.6. The molecule has 0 aliphatic heterocycles. The Hall–Kier alpha value is -1.10. The van der Waals surface area contributed by atoms with Crippen molar-refractivity contribution in [1.82, 2.24) is 5.32 Å². The summed E-state index contributed by atoms with van der Waals surface area (Å²) in [5.41, 5.74) is 1.81. The highest BCUT2D eigenvalue weighted by atomic mass is 79.9. The molecule has 2 aromatic rings. The van der Waals surface area contributed by atoms with Gasteiger partial charge in [0.25, 0.3) is 0 Å². The molecule has 0 bridgehead atoms. The molecule has 21 heavy (non-hydrogen) atoms. The molecule has 0 heterocycles. The second-order valence-corrected chi connectivity index (χ2v) is 5.88. The summed E-state index contributed by atoms with van der Waals surface area (Å²) in [7, 11) is 3.49. The molecule has 0 saturated heterocycles. The summed E-state index contributed by atoms with van der Waals surface area (Å²) in [6.07, 6.45) is 0.582. The van der Waals surface area contributed by atoms with Gasteiger partial charge in [-0.1, -0.05) is 39.7 Å². The highest BCUT2D eigenvalue weighted by Crippen LogP contribution is 2.31. The lowest BCUT2D eigenvalue weighted by Crippen LogP contribution is -2.19. The van der Waals surface area contributed by atoms with E-state index in [0.29, 0.717) is 6.42 Å². The predicted octanol–water partition coefficient (Wildman–Crippen LogP) is 4.75. The van der Waals surface area contributed by atoms with Crippen molar-refractivity contribution in [3.63, 3.8) is 0 Å². The lowest BCUT2D eigenvalue weighted by molar-refractivity contribution is 0.413. The van der Waals surface area contributed by atoms with Crippen LogP contribution in [0.2, 0.25) is 5.02 Å². The Balaban J connectivity index is 2.34. The first-order valence-corrected chi connectivity index (χ1v) is 7.67. The molecule has 2 aromatic carbocycles. The summed E-state index contributed by atoms with van der Waals surface area (Å²) in [5, 5.41) is 3.42. The van der Waals surface area contributed by atoms with E-state index in [2.05, 4.69) is 21.2 Å². The number of nitrogens with one attached hydrogen (secondary N) is 1. The van der Waals surface area contributed by atoms with Gasteiger partial charge < -0.3 is 10.1 Å². The third-order valence-corrected chi connectivity index (χ3v) is 4.53. The summed E-state index contributed by atoms with van der Waals surface area (Å²) in [6, 6.07) is 10.6. The van der Waals surface area contributed by atoms with Crippen LogP contribution in [0.3, 0.4) is 0 Å². The molecule has 0 aliphatic rings. The van der Waals surface area contributed by atoms with Crippen molar-refractivity contribution in [2.45, 2.75) is 12.5 Å². The van der Waals surface area contributed by atoms with Crippen molar-refractivity contribution in [2.24, 2.45) is 0 Å². The molecule has 1 N–H and O–H groups in total. The molecule has 5 heteroatoms. The zero-order valence-electron chi connectivity index (χ0n) is 11.8. The van der Waals surface area contributed by atoms with Gasteiger partial charge in [0.05, 0.1) is 12.1 Å². The van der Waals surface area contributed by atoms with Gasteiger partial charge in [-0.3, -0.25) is 0 Å². The zero-order chi connectivity index (χ0) is 15.4. The molecule has 0 saturated carbocycles. The number of benzene rings is 2. The predicted molar refractivity (Wildman–Crippen MR) is 87.6 cm³/mol. The first kappa shape index (κ1) is 16.3. The Morgan fingerprint density at radius 2 is 2.10 bits per heavy atom. The van der Waals surface area contributed by atoms with Crippen molar-refractivity contribution in [2.75, 3.05) is 14.2 Å². The maximum atomic E-state index is 13.6.